The van der Waals surface area contributed by atoms with E-state index in [-0.39, 0.29) is 4.88 Å². The van der Waals surface area contributed by atoms with Gasteiger partial charge in [-0.25, -0.2) is 9.78 Å². The fraction of sp³-hybridized carbons (Fsp3) is 0.353. The summed E-state index contributed by atoms with van der Waals surface area (Å²) in [4.78, 5) is 15.7. The Balaban J connectivity index is 2.46. The highest BCUT2D eigenvalue weighted by Gasteiger charge is 2.17. The Bertz CT molecular complexity index is 788. The van der Waals surface area contributed by atoms with Crippen LogP contribution in [0.3, 0.4) is 0 Å². The minimum atomic E-state index is -0.986. The van der Waals surface area contributed by atoms with Crippen LogP contribution in [-0.2, 0) is 0 Å². The summed E-state index contributed by atoms with van der Waals surface area (Å²) >= 11 is 1.11. The molecule has 0 aliphatic carbocycles. The Labute approximate surface area is 139 Å². The summed E-state index contributed by atoms with van der Waals surface area (Å²) in [7, 11) is 0. The van der Waals surface area contributed by atoms with E-state index < -0.39 is 5.97 Å². The predicted octanol–water partition coefficient (Wildman–Crippen LogP) is 4.03. The van der Waals surface area contributed by atoms with E-state index in [1.165, 1.54) is 0 Å². The molecule has 1 heterocycles. The SMILES string of the molecule is Cc1cc(-c2nc(C)c(C(=O)O)s2)cc(C#N)c1OCC(C)C. The van der Waals surface area contributed by atoms with E-state index in [0.29, 0.717) is 34.5 Å². The minimum absolute atomic E-state index is 0.219. The van der Waals surface area contributed by atoms with E-state index in [2.05, 4.69) is 11.1 Å². The molecule has 1 aromatic carbocycles. The molecule has 0 saturated heterocycles. The Kier molecular flexibility index (Phi) is 5.02. The van der Waals surface area contributed by atoms with Gasteiger partial charge in [0, 0.05) is 5.56 Å². The highest BCUT2D eigenvalue weighted by Crippen LogP contribution is 2.33. The Morgan fingerprint density at radius 1 is 1.43 bits per heavy atom. The molecule has 0 amide bonds. The number of carbonyl (C=O) groups is 1. The average Bonchev–Trinajstić information content (AvgIpc) is 2.87. The topological polar surface area (TPSA) is 83.2 Å². The highest BCUT2D eigenvalue weighted by atomic mass is 32.1. The van der Waals surface area contributed by atoms with Gasteiger partial charge in [0.05, 0.1) is 17.9 Å². The third-order valence-corrected chi connectivity index (χ3v) is 4.39. The van der Waals surface area contributed by atoms with Gasteiger partial charge in [-0.05, 0) is 37.5 Å². The number of nitriles is 1. The lowest BCUT2D eigenvalue weighted by molar-refractivity contribution is 0.0701. The van der Waals surface area contributed by atoms with Crippen molar-refractivity contribution in [3.05, 3.63) is 33.8 Å². The van der Waals surface area contributed by atoms with Crippen molar-refractivity contribution in [1.82, 2.24) is 4.98 Å². The van der Waals surface area contributed by atoms with Crippen LogP contribution in [0.25, 0.3) is 10.6 Å². The first-order chi connectivity index (χ1) is 10.8. The number of rotatable bonds is 5. The number of benzene rings is 1. The van der Waals surface area contributed by atoms with Crippen LogP contribution < -0.4 is 4.74 Å². The molecule has 0 saturated carbocycles. The average molecular weight is 330 g/mol. The predicted molar refractivity (Wildman–Crippen MR) is 89.0 cm³/mol. The molecule has 120 valence electrons. The van der Waals surface area contributed by atoms with Gasteiger partial charge in [0.15, 0.2) is 0 Å². The van der Waals surface area contributed by atoms with E-state index in [4.69, 9.17) is 9.84 Å². The van der Waals surface area contributed by atoms with Crippen LogP contribution in [-0.4, -0.2) is 22.7 Å². The highest BCUT2D eigenvalue weighted by molar-refractivity contribution is 7.17. The Morgan fingerprint density at radius 3 is 2.65 bits per heavy atom. The van der Waals surface area contributed by atoms with Crippen molar-refractivity contribution in [3.63, 3.8) is 0 Å². The van der Waals surface area contributed by atoms with Gasteiger partial charge in [0.1, 0.15) is 21.7 Å². The molecule has 1 N–H and O–H groups in total. The molecule has 2 rings (SSSR count). The molecule has 0 bridgehead atoms. The van der Waals surface area contributed by atoms with Crippen molar-refractivity contribution in [3.8, 4) is 22.4 Å². The van der Waals surface area contributed by atoms with E-state index in [1.54, 1.807) is 13.0 Å². The number of aromatic nitrogens is 1. The zero-order chi connectivity index (χ0) is 17.1. The number of hydrogen-bond donors (Lipinski definition) is 1. The van der Waals surface area contributed by atoms with Crippen LogP contribution in [0.2, 0.25) is 0 Å². The van der Waals surface area contributed by atoms with Crippen LogP contribution in [0.1, 0.15) is 40.3 Å². The summed E-state index contributed by atoms with van der Waals surface area (Å²) in [6, 6.07) is 5.73. The first-order valence-electron chi connectivity index (χ1n) is 7.22. The van der Waals surface area contributed by atoms with Crippen LogP contribution in [0.4, 0.5) is 0 Å². The van der Waals surface area contributed by atoms with Gasteiger partial charge in [-0.3, -0.25) is 0 Å². The van der Waals surface area contributed by atoms with Gasteiger partial charge in [0.2, 0.25) is 0 Å². The van der Waals surface area contributed by atoms with Crippen LogP contribution in [0, 0.1) is 31.1 Å². The summed E-state index contributed by atoms with van der Waals surface area (Å²) in [5.74, 6) is -0.0441. The van der Waals surface area contributed by atoms with Gasteiger partial charge >= 0.3 is 5.97 Å². The van der Waals surface area contributed by atoms with Gasteiger partial charge in [-0.15, -0.1) is 11.3 Å². The van der Waals surface area contributed by atoms with Crippen molar-refractivity contribution >= 4 is 17.3 Å². The lowest BCUT2D eigenvalue weighted by Gasteiger charge is -2.13. The lowest BCUT2D eigenvalue weighted by atomic mass is 10.1. The Morgan fingerprint density at radius 2 is 2.13 bits per heavy atom. The monoisotopic (exact) mass is 330 g/mol. The zero-order valence-electron chi connectivity index (χ0n) is 13.5. The number of nitrogens with zero attached hydrogens (tertiary/aromatic N) is 2. The van der Waals surface area contributed by atoms with Gasteiger partial charge in [-0.2, -0.15) is 5.26 Å². The number of aryl methyl sites for hydroxylation is 2. The molecule has 2 aromatic rings. The van der Waals surface area contributed by atoms with Gasteiger partial charge in [0.25, 0.3) is 0 Å². The van der Waals surface area contributed by atoms with Crippen molar-refractivity contribution < 1.29 is 14.6 Å². The molecule has 0 fully saturated rings. The third-order valence-electron chi connectivity index (χ3n) is 3.19. The molecule has 5 nitrogen and oxygen atoms in total. The standard InChI is InChI=1S/C17H18N2O3S/c1-9(2)8-22-14-10(3)5-12(6-13(14)7-18)16-19-11(4)15(23-16)17(20)21/h5-6,9H,8H2,1-4H3,(H,20,21). The first-order valence-corrected chi connectivity index (χ1v) is 8.03. The first kappa shape index (κ1) is 17.0. The summed E-state index contributed by atoms with van der Waals surface area (Å²) < 4.78 is 5.74. The number of carboxylic acids is 1. The minimum Gasteiger partial charge on any atom is -0.492 e. The molecule has 1 aromatic heterocycles. The van der Waals surface area contributed by atoms with Crippen molar-refractivity contribution in [1.29, 1.82) is 5.26 Å². The summed E-state index contributed by atoms with van der Waals surface area (Å²) in [5, 5.41) is 19.1. The molecule has 6 heteroatoms. The van der Waals surface area contributed by atoms with Crippen LogP contribution >= 0.6 is 11.3 Å². The summed E-state index contributed by atoms with van der Waals surface area (Å²) in [5.41, 5.74) is 2.49. The normalized spacial score (nSPS) is 10.6. The lowest BCUT2D eigenvalue weighted by Crippen LogP contribution is -2.07. The fourth-order valence-electron chi connectivity index (χ4n) is 2.14. The molecule has 0 atom stereocenters. The molecule has 23 heavy (non-hydrogen) atoms. The zero-order valence-corrected chi connectivity index (χ0v) is 14.3. The van der Waals surface area contributed by atoms with Crippen LogP contribution in [0.15, 0.2) is 12.1 Å². The molecule has 0 radical (unpaired) electrons. The summed E-state index contributed by atoms with van der Waals surface area (Å²) in [6.07, 6.45) is 0. The van der Waals surface area contributed by atoms with E-state index in [0.717, 1.165) is 22.5 Å². The summed E-state index contributed by atoms with van der Waals surface area (Å²) in [6.45, 7) is 8.16. The molecular formula is C17H18N2O3S. The van der Waals surface area contributed by atoms with E-state index >= 15 is 0 Å². The smallest absolute Gasteiger partial charge is 0.347 e. The molecule has 0 aliphatic rings. The molecule has 0 spiro atoms. The molecule has 0 aliphatic heterocycles. The number of hydrogen-bond acceptors (Lipinski definition) is 5. The van der Waals surface area contributed by atoms with Gasteiger partial charge in [-0.1, -0.05) is 13.8 Å². The van der Waals surface area contributed by atoms with Crippen molar-refractivity contribution in [2.24, 2.45) is 5.92 Å². The maximum Gasteiger partial charge on any atom is 0.347 e. The Hall–Kier alpha value is -2.39. The third kappa shape index (κ3) is 3.69. The quantitative estimate of drug-likeness (QED) is 0.895. The number of aromatic carboxylic acids is 1. The van der Waals surface area contributed by atoms with Crippen molar-refractivity contribution in [2.45, 2.75) is 27.7 Å². The van der Waals surface area contributed by atoms with E-state index in [9.17, 15) is 10.1 Å². The van der Waals surface area contributed by atoms with Crippen molar-refractivity contribution in [2.75, 3.05) is 6.61 Å². The second kappa shape index (κ2) is 6.80. The largest absolute Gasteiger partial charge is 0.492 e. The fourth-order valence-corrected chi connectivity index (χ4v) is 3.03. The van der Waals surface area contributed by atoms with Gasteiger partial charge < -0.3 is 9.84 Å². The van der Waals surface area contributed by atoms with Crippen LogP contribution in [0.5, 0.6) is 5.75 Å². The second-order valence-electron chi connectivity index (χ2n) is 5.73. The molecular weight excluding hydrogens is 312 g/mol. The number of thiazole rings is 1. The van der Waals surface area contributed by atoms with E-state index in [1.807, 2.05) is 26.8 Å². The second-order valence-corrected chi connectivity index (χ2v) is 6.72. The number of carboxylic acid groups (broad SMARTS) is 1. The number of ether oxygens (including phenoxy) is 1. The maximum atomic E-state index is 11.2. The molecule has 0 unspecified atom stereocenters. The maximum absolute atomic E-state index is 11.2.